The fourth-order valence-electron chi connectivity index (χ4n) is 2.86. The molecule has 0 radical (unpaired) electrons. The van der Waals surface area contributed by atoms with Crippen LogP contribution in [0.1, 0.15) is 9.67 Å². The lowest BCUT2D eigenvalue weighted by molar-refractivity contribution is 0.103. The molecule has 1 aromatic heterocycles. The Morgan fingerprint density at radius 3 is 2.35 bits per heavy atom. The second kappa shape index (κ2) is 7.12. The topological polar surface area (TPSA) is 29.1 Å². The van der Waals surface area contributed by atoms with E-state index in [9.17, 15) is 4.79 Å². The van der Waals surface area contributed by atoms with Crippen molar-refractivity contribution in [3.05, 3.63) is 87.7 Å². The number of amides is 1. The zero-order chi connectivity index (χ0) is 18.1. The van der Waals surface area contributed by atoms with Crippen molar-refractivity contribution in [3.8, 4) is 11.1 Å². The van der Waals surface area contributed by atoms with Crippen LogP contribution in [0.15, 0.2) is 72.8 Å². The van der Waals surface area contributed by atoms with Crippen molar-refractivity contribution in [1.82, 2.24) is 0 Å². The van der Waals surface area contributed by atoms with Gasteiger partial charge < -0.3 is 5.32 Å². The third kappa shape index (κ3) is 3.10. The number of thiophene rings is 1. The van der Waals surface area contributed by atoms with Gasteiger partial charge in [-0.05, 0) is 23.8 Å². The van der Waals surface area contributed by atoms with Crippen LogP contribution < -0.4 is 5.32 Å². The smallest absolute Gasteiger partial charge is 0.267 e. The largest absolute Gasteiger partial charge is 0.321 e. The molecule has 5 heteroatoms. The van der Waals surface area contributed by atoms with Crippen LogP contribution in [-0.2, 0) is 0 Å². The number of hydrogen-bond acceptors (Lipinski definition) is 2. The van der Waals surface area contributed by atoms with Gasteiger partial charge in [-0.25, -0.2) is 0 Å². The monoisotopic (exact) mass is 397 g/mol. The molecule has 0 aliphatic carbocycles. The van der Waals surface area contributed by atoms with E-state index in [1.807, 2.05) is 66.7 Å². The maximum atomic E-state index is 12.9. The average Bonchev–Trinajstić information content (AvgIpc) is 3.01. The summed E-state index contributed by atoms with van der Waals surface area (Å²) in [7, 11) is 0. The van der Waals surface area contributed by atoms with Gasteiger partial charge in [0, 0.05) is 21.3 Å². The lowest BCUT2D eigenvalue weighted by Gasteiger charge is -2.11. The van der Waals surface area contributed by atoms with Gasteiger partial charge in [0.2, 0.25) is 0 Å². The molecule has 128 valence electrons. The highest BCUT2D eigenvalue weighted by atomic mass is 35.5. The van der Waals surface area contributed by atoms with E-state index in [1.54, 1.807) is 6.07 Å². The van der Waals surface area contributed by atoms with Crippen LogP contribution in [0, 0.1) is 0 Å². The second-order valence-electron chi connectivity index (χ2n) is 5.72. The van der Waals surface area contributed by atoms with Gasteiger partial charge in [0.05, 0.1) is 10.0 Å². The van der Waals surface area contributed by atoms with Gasteiger partial charge in [0.1, 0.15) is 4.88 Å². The third-order valence-electron chi connectivity index (χ3n) is 4.07. The molecule has 0 aliphatic rings. The molecule has 3 aromatic carbocycles. The molecule has 4 rings (SSSR count). The van der Waals surface area contributed by atoms with Crippen molar-refractivity contribution in [3.63, 3.8) is 0 Å². The summed E-state index contributed by atoms with van der Waals surface area (Å²) in [5.74, 6) is -0.240. The Labute approximate surface area is 165 Å². The first-order valence-electron chi connectivity index (χ1n) is 7.97. The summed E-state index contributed by atoms with van der Waals surface area (Å²) < 4.78 is 0.893. The number of rotatable bonds is 3. The van der Waals surface area contributed by atoms with Crippen molar-refractivity contribution in [2.45, 2.75) is 0 Å². The minimum atomic E-state index is -0.240. The highest BCUT2D eigenvalue weighted by Crippen LogP contribution is 2.40. The van der Waals surface area contributed by atoms with E-state index in [4.69, 9.17) is 23.2 Å². The summed E-state index contributed by atoms with van der Waals surface area (Å²) in [4.78, 5) is 13.3. The van der Waals surface area contributed by atoms with Gasteiger partial charge in [-0.3, -0.25) is 4.79 Å². The van der Waals surface area contributed by atoms with E-state index in [2.05, 4.69) is 5.32 Å². The van der Waals surface area contributed by atoms with Crippen LogP contribution >= 0.6 is 34.5 Å². The van der Waals surface area contributed by atoms with Crippen LogP contribution in [0.25, 0.3) is 21.2 Å². The lowest BCUT2D eigenvalue weighted by Crippen LogP contribution is -2.11. The van der Waals surface area contributed by atoms with Gasteiger partial charge in [0.25, 0.3) is 5.91 Å². The quantitative estimate of drug-likeness (QED) is 0.391. The molecule has 0 fully saturated rings. The van der Waals surface area contributed by atoms with Crippen LogP contribution in [0.2, 0.25) is 10.0 Å². The molecular weight excluding hydrogens is 385 g/mol. The highest BCUT2D eigenvalue weighted by molar-refractivity contribution is 7.21. The third-order valence-corrected chi connectivity index (χ3v) is 6.03. The van der Waals surface area contributed by atoms with E-state index in [0.29, 0.717) is 14.9 Å². The van der Waals surface area contributed by atoms with Crippen LogP contribution in [0.5, 0.6) is 0 Å². The molecule has 4 aromatic rings. The Morgan fingerprint density at radius 1 is 0.846 bits per heavy atom. The predicted octanol–water partition coefficient (Wildman–Crippen LogP) is 7.13. The molecule has 1 heterocycles. The Morgan fingerprint density at radius 2 is 1.58 bits per heavy atom. The van der Waals surface area contributed by atoms with Crippen molar-refractivity contribution < 1.29 is 4.79 Å². The summed E-state index contributed by atoms with van der Waals surface area (Å²) in [5, 5.41) is 4.66. The summed E-state index contributed by atoms with van der Waals surface area (Å²) in [5.41, 5.74) is 2.73. The number of para-hydroxylation sites is 1. The van der Waals surface area contributed by atoms with Crippen molar-refractivity contribution in [1.29, 1.82) is 0 Å². The first-order chi connectivity index (χ1) is 12.6. The fourth-order valence-corrected chi connectivity index (χ4v) is 4.71. The standard InChI is InChI=1S/C21H13Cl2NOS/c22-15-10-6-12-17-18(15)19(23)20(26-17)21(25)24-16-11-5-4-9-14(16)13-7-2-1-3-8-13/h1-12H,(H,24,25). The predicted molar refractivity (Wildman–Crippen MR) is 112 cm³/mol. The summed E-state index contributed by atoms with van der Waals surface area (Å²) in [6.45, 7) is 0. The summed E-state index contributed by atoms with van der Waals surface area (Å²) >= 11 is 14.0. The molecule has 1 amide bonds. The lowest BCUT2D eigenvalue weighted by atomic mass is 10.0. The fraction of sp³-hybridized carbons (Fsp3) is 0. The minimum Gasteiger partial charge on any atom is -0.321 e. The van der Waals surface area contributed by atoms with Crippen LogP contribution in [0.4, 0.5) is 5.69 Å². The molecular formula is C21H13Cl2NOS. The molecule has 2 nitrogen and oxygen atoms in total. The molecule has 0 atom stereocenters. The molecule has 0 spiro atoms. The Kier molecular flexibility index (Phi) is 4.68. The van der Waals surface area contributed by atoms with Crippen molar-refractivity contribution >= 4 is 56.2 Å². The number of benzene rings is 3. The highest BCUT2D eigenvalue weighted by Gasteiger charge is 2.19. The molecule has 0 unspecified atom stereocenters. The number of carbonyl (C=O) groups is 1. The zero-order valence-electron chi connectivity index (χ0n) is 13.5. The van der Waals surface area contributed by atoms with Crippen LogP contribution in [-0.4, -0.2) is 5.91 Å². The SMILES string of the molecule is O=C(Nc1ccccc1-c1ccccc1)c1sc2cccc(Cl)c2c1Cl. The summed E-state index contributed by atoms with van der Waals surface area (Å²) in [6.07, 6.45) is 0. The van der Waals surface area contributed by atoms with Gasteiger partial charge in [-0.2, -0.15) is 0 Å². The van der Waals surface area contributed by atoms with E-state index >= 15 is 0 Å². The second-order valence-corrected chi connectivity index (χ2v) is 7.56. The minimum absolute atomic E-state index is 0.240. The Bertz CT molecular complexity index is 1110. The number of anilines is 1. The van der Waals surface area contributed by atoms with E-state index in [0.717, 1.165) is 26.9 Å². The van der Waals surface area contributed by atoms with E-state index < -0.39 is 0 Å². The summed E-state index contributed by atoms with van der Waals surface area (Å²) in [6, 6.07) is 23.2. The molecule has 0 bridgehead atoms. The molecule has 0 aliphatic heterocycles. The number of fused-ring (bicyclic) bond motifs is 1. The van der Waals surface area contributed by atoms with E-state index in [-0.39, 0.29) is 5.91 Å². The Balaban J connectivity index is 1.72. The first kappa shape index (κ1) is 17.1. The number of hydrogen-bond donors (Lipinski definition) is 1. The number of halogens is 2. The molecule has 0 saturated carbocycles. The molecule has 0 saturated heterocycles. The van der Waals surface area contributed by atoms with Gasteiger partial charge in [-0.1, -0.05) is 77.8 Å². The maximum Gasteiger partial charge on any atom is 0.267 e. The normalized spacial score (nSPS) is 10.8. The van der Waals surface area contributed by atoms with E-state index in [1.165, 1.54) is 11.3 Å². The molecule has 1 N–H and O–H groups in total. The first-order valence-corrected chi connectivity index (χ1v) is 9.54. The zero-order valence-corrected chi connectivity index (χ0v) is 15.8. The molecule has 26 heavy (non-hydrogen) atoms. The number of carbonyl (C=O) groups excluding carboxylic acids is 1. The average molecular weight is 398 g/mol. The maximum absolute atomic E-state index is 12.9. The van der Waals surface area contributed by atoms with Gasteiger partial charge in [-0.15, -0.1) is 11.3 Å². The van der Waals surface area contributed by atoms with Crippen LogP contribution in [0.3, 0.4) is 0 Å². The number of nitrogens with one attached hydrogen (secondary N) is 1. The van der Waals surface area contributed by atoms with Crippen molar-refractivity contribution in [2.24, 2.45) is 0 Å². The van der Waals surface area contributed by atoms with Crippen molar-refractivity contribution in [2.75, 3.05) is 5.32 Å². The van der Waals surface area contributed by atoms with Gasteiger partial charge in [0.15, 0.2) is 0 Å². The van der Waals surface area contributed by atoms with Gasteiger partial charge >= 0.3 is 0 Å². The Hall–Kier alpha value is -2.33.